The molecule has 1 amide bonds. The number of amides is 1. The standard InChI is InChI=1S/C24H32N4O3S/c29-24(26-19-21-12-13-25-23(18-21)27-14-4-5-15-27)11-8-20-6-9-22(10-7-20)32(30,31)28-16-2-1-3-17-28/h6-7,9-10,12-13,18H,1-5,8,11,14-17,19H2,(H,26,29). The quantitative estimate of drug-likeness (QED) is 0.660. The van der Waals surface area contributed by atoms with Crippen molar-refractivity contribution in [1.82, 2.24) is 14.6 Å². The summed E-state index contributed by atoms with van der Waals surface area (Å²) in [6.45, 7) is 3.76. The van der Waals surface area contributed by atoms with Crippen molar-refractivity contribution >= 4 is 21.7 Å². The molecule has 1 aromatic carbocycles. The molecule has 0 unspecified atom stereocenters. The number of aryl methyl sites for hydroxylation is 1. The Bertz CT molecular complexity index is 1010. The summed E-state index contributed by atoms with van der Waals surface area (Å²) in [4.78, 5) is 19.4. The van der Waals surface area contributed by atoms with Crippen LogP contribution in [0.3, 0.4) is 0 Å². The summed E-state index contributed by atoms with van der Waals surface area (Å²) in [7, 11) is -3.41. The van der Waals surface area contributed by atoms with E-state index in [2.05, 4.69) is 15.2 Å². The van der Waals surface area contributed by atoms with Crippen LogP contribution in [0.1, 0.15) is 49.7 Å². The molecule has 1 N–H and O–H groups in total. The van der Waals surface area contributed by atoms with E-state index in [9.17, 15) is 13.2 Å². The minimum atomic E-state index is -3.41. The zero-order chi connectivity index (χ0) is 22.4. The highest BCUT2D eigenvalue weighted by atomic mass is 32.2. The van der Waals surface area contributed by atoms with Gasteiger partial charge in [-0.25, -0.2) is 13.4 Å². The van der Waals surface area contributed by atoms with Crippen molar-refractivity contribution in [3.05, 3.63) is 53.7 Å². The SMILES string of the molecule is O=C(CCc1ccc(S(=O)(=O)N2CCCCC2)cc1)NCc1ccnc(N2CCCC2)c1. The Hall–Kier alpha value is -2.45. The molecule has 2 aromatic rings. The third-order valence-corrected chi connectivity index (χ3v) is 8.16. The minimum absolute atomic E-state index is 0.0189. The first-order chi connectivity index (χ1) is 15.5. The number of hydrogen-bond donors (Lipinski definition) is 1. The number of anilines is 1. The van der Waals surface area contributed by atoms with Crippen LogP contribution in [0.25, 0.3) is 0 Å². The van der Waals surface area contributed by atoms with E-state index in [4.69, 9.17) is 0 Å². The lowest BCUT2D eigenvalue weighted by atomic mass is 10.1. The fourth-order valence-electron chi connectivity index (χ4n) is 4.32. The Morgan fingerprint density at radius 2 is 1.59 bits per heavy atom. The fraction of sp³-hybridized carbons (Fsp3) is 0.500. The van der Waals surface area contributed by atoms with Crippen molar-refractivity contribution < 1.29 is 13.2 Å². The van der Waals surface area contributed by atoms with E-state index in [0.717, 1.165) is 49.3 Å². The first-order valence-corrected chi connectivity index (χ1v) is 13.0. The van der Waals surface area contributed by atoms with Gasteiger partial charge in [0, 0.05) is 45.3 Å². The van der Waals surface area contributed by atoms with Gasteiger partial charge in [-0.2, -0.15) is 4.31 Å². The lowest BCUT2D eigenvalue weighted by Crippen LogP contribution is -2.35. The molecule has 4 rings (SSSR count). The van der Waals surface area contributed by atoms with Crippen LogP contribution in [0, 0.1) is 0 Å². The average Bonchev–Trinajstić information content (AvgIpc) is 3.38. The summed E-state index contributed by atoms with van der Waals surface area (Å²) in [5.41, 5.74) is 2.00. The van der Waals surface area contributed by atoms with Gasteiger partial charge in [0.1, 0.15) is 5.82 Å². The lowest BCUT2D eigenvalue weighted by Gasteiger charge is -2.25. The maximum Gasteiger partial charge on any atom is 0.243 e. The molecule has 0 aliphatic carbocycles. The van der Waals surface area contributed by atoms with E-state index in [1.807, 2.05) is 24.3 Å². The molecule has 0 radical (unpaired) electrons. The fourth-order valence-corrected chi connectivity index (χ4v) is 5.84. The summed E-state index contributed by atoms with van der Waals surface area (Å²) >= 11 is 0. The number of nitrogens with one attached hydrogen (secondary N) is 1. The molecule has 2 aliphatic heterocycles. The number of carbonyl (C=O) groups excluding carboxylic acids is 1. The molecule has 8 heteroatoms. The highest BCUT2D eigenvalue weighted by molar-refractivity contribution is 7.89. The molecule has 0 saturated carbocycles. The van der Waals surface area contributed by atoms with Crippen molar-refractivity contribution in [2.75, 3.05) is 31.1 Å². The maximum absolute atomic E-state index is 12.7. The second-order valence-corrected chi connectivity index (χ2v) is 10.5. The number of hydrogen-bond acceptors (Lipinski definition) is 5. The number of benzene rings is 1. The van der Waals surface area contributed by atoms with Crippen molar-refractivity contribution in [2.24, 2.45) is 0 Å². The smallest absolute Gasteiger partial charge is 0.243 e. The Morgan fingerprint density at radius 3 is 2.31 bits per heavy atom. The summed E-state index contributed by atoms with van der Waals surface area (Å²) in [5.74, 6) is 0.961. The second kappa shape index (κ2) is 10.4. The van der Waals surface area contributed by atoms with Crippen LogP contribution in [0.15, 0.2) is 47.5 Å². The number of rotatable bonds is 8. The van der Waals surface area contributed by atoms with Gasteiger partial charge in [-0.05, 0) is 67.5 Å². The van der Waals surface area contributed by atoms with Crippen molar-refractivity contribution in [3.8, 4) is 0 Å². The maximum atomic E-state index is 12.7. The Morgan fingerprint density at radius 1 is 0.906 bits per heavy atom. The predicted octanol–water partition coefficient (Wildman–Crippen LogP) is 3.11. The molecule has 0 spiro atoms. The first kappa shape index (κ1) is 22.7. The van der Waals surface area contributed by atoms with E-state index in [1.165, 1.54) is 12.8 Å². The minimum Gasteiger partial charge on any atom is -0.357 e. The van der Waals surface area contributed by atoms with Crippen LogP contribution >= 0.6 is 0 Å². The molecule has 1 aromatic heterocycles. The van der Waals surface area contributed by atoms with E-state index >= 15 is 0 Å². The third-order valence-electron chi connectivity index (χ3n) is 6.25. The van der Waals surface area contributed by atoms with E-state index in [1.54, 1.807) is 22.6 Å². The highest BCUT2D eigenvalue weighted by Crippen LogP contribution is 2.21. The van der Waals surface area contributed by atoms with Gasteiger partial charge >= 0.3 is 0 Å². The monoisotopic (exact) mass is 456 g/mol. The number of carbonyl (C=O) groups is 1. The largest absolute Gasteiger partial charge is 0.357 e. The Kier molecular flexibility index (Phi) is 7.42. The topological polar surface area (TPSA) is 82.6 Å². The number of nitrogens with zero attached hydrogens (tertiary/aromatic N) is 3. The van der Waals surface area contributed by atoms with Gasteiger partial charge in [0.25, 0.3) is 0 Å². The number of piperidine rings is 1. The van der Waals surface area contributed by atoms with Crippen molar-refractivity contribution in [3.63, 3.8) is 0 Å². The zero-order valence-corrected chi connectivity index (χ0v) is 19.3. The van der Waals surface area contributed by atoms with Gasteiger partial charge < -0.3 is 10.2 Å². The highest BCUT2D eigenvalue weighted by Gasteiger charge is 2.25. The molecule has 3 heterocycles. The molecule has 2 saturated heterocycles. The predicted molar refractivity (Wildman–Crippen MR) is 125 cm³/mol. The van der Waals surface area contributed by atoms with Crippen LogP contribution in [0.2, 0.25) is 0 Å². The van der Waals surface area contributed by atoms with Gasteiger partial charge in [-0.1, -0.05) is 18.6 Å². The van der Waals surface area contributed by atoms with Gasteiger partial charge in [-0.3, -0.25) is 4.79 Å². The Balaban J connectivity index is 1.26. The van der Waals surface area contributed by atoms with Crippen molar-refractivity contribution in [1.29, 1.82) is 0 Å². The number of aromatic nitrogens is 1. The molecule has 2 aliphatic rings. The summed E-state index contributed by atoms with van der Waals surface area (Å²) in [5, 5.41) is 2.98. The Labute approximate surface area is 190 Å². The van der Waals surface area contributed by atoms with Crippen molar-refractivity contribution in [2.45, 2.75) is 56.4 Å². The molecule has 32 heavy (non-hydrogen) atoms. The number of sulfonamides is 1. The van der Waals surface area contributed by atoms with Gasteiger partial charge in [0.05, 0.1) is 4.90 Å². The second-order valence-electron chi connectivity index (χ2n) is 8.60. The summed E-state index contributed by atoms with van der Waals surface area (Å²) in [6, 6.07) is 10.9. The molecule has 0 bridgehead atoms. The van der Waals surface area contributed by atoms with E-state index in [-0.39, 0.29) is 5.91 Å². The first-order valence-electron chi connectivity index (χ1n) is 11.6. The van der Waals surface area contributed by atoms with Crippen LogP contribution in [0.5, 0.6) is 0 Å². The number of pyridine rings is 1. The molecule has 7 nitrogen and oxygen atoms in total. The zero-order valence-electron chi connectivity index (χ0n) is 18.5. The summed E-state index contributed by atoms with van der Waals surface area (Å²) in [6.07, 6.45) is 8.08. The normalized spacial score (nSPS) is 17.4. The van der Waals surface area contributed by atoms with Gasteiger partial charge in [0.2, 0.25) is 15.9 Å². The molecular formula is C24H32N4O3S. The van der Waals surface area contributed by atoms with E-state index < -0.39 is 10.0 Å². The van der Waals surface area contributed by atoms with E-state index in [0.29, 0.717) is 37.4 Å². The molecule has 2 fully saturated rings. The van der Waals surface area contributed by atoms with Crippen LogP contribution in [-0.4, -0.2) is 49.8 Å². The van der Waals surface area contributed by atoms with Gasteiger partial charge in [0.15, 0.2) is 0 Å². The molecule has 172 valence electrons. The van der Waals surface area contributed by atoms with Crippen LogP contribution < -0.4 is 10.2 Å². The molecular weight excluding hydrogens is 424 g/mol. The average molecular weight is 457 g/mol. The van der Waals surface area contributed by atoms with Crippen LogP contribution in [-0.2, 0) is 27.8 Å². The third kappa shape index (κ3) is 5.66. The van der Waals surface area contributed by atoms with Gasteiger partial charge in [-0.15, -0.1) is 0 Å². The lowest BCUT2D eigenvalue weighted by molar-refractivity contribution is -0.121. The molecule has 0 atom stereocenters. The summed E-state index contributed by atoms with van der Waals surface area (Å²) < 4.78 is 27.1. The van der Waals surface area contributed by atoms with Crippen LogP contribution in [0.4, 0.5) is 5.82 Å².